The molecule has 6 heteroatoms. The molecule has 1 unspecified atom stereocenters. The zero-order valence-corrected chi connectivity index (χ0v) is 9.74. The number of hydrogen-bond donors (Lipinski definition) is 4. The van der Waals surface area contributed by atoms with E-state index in [-0.39, 0.29) is 17.9 Å². The molecule has 1 aromatic rings. The minimum absolute atomic E-state index is 0.0686. The first kappa shape index (κ1) is 12.8. The molecule has 1 aliphatic rings. The summed E-state index contributed by atoms with van der Waals surface area (Å²) in [6.45, 7) is 1.17. The summed E-state index contributed by atoms with van der Waals surface area (Å²) in [5, 5.41) is 24.5. The first-order chi connectivity index (χ1) is 8.50. The van der Waals surface area contributed by atoms with Crippen molar-refractivity contribution in [1.82, 2.24) is 10.6 Å². The van der Waals surface area contributed by atoms with Gasteiger partial charge in [0.25, 0.3) is 5.91 Å². The van der Waals surface area contributed by atoms with Crippen LogP contribution in [0.4, 0.5) is 4.39 Å². The molecule has 0 bridgehead atoms. The van der Waals surface area contributed by atoms with Crippen molar-refractivity contribution in [3.8, 4) is 5.75 Å². The van der Waals surface area contributed by atoms with Crippen molar-refractivity contribution in [3.05, 3.63) is 29.6 Å². The highest BCUT2D eigenvalue weighted by Crippen LogP contribution is 2.16. The molecule has 98 valence electrons. The van der Waals surface area contributed by atoms with Crippen molar-refractivity contribution < 1.29 is 19.4 Å². The molecule has 1 aromatic carbocycles. The van der Waals surface area contributed by atoms with Gasteiger partial charge in [0.2, 0.25) is 0 Å². The van der Waals surface area contributed by atoms with Crippen molar-refractivity contribution in [2.75, 3.05) is 19.6 Å². The van der Waals surface area contributed by atoms with Gasteiger partial charge < -0.3 is 20.8 Å². The Morgan fingerprint density at radius 3 is 2.94 bits per heavy atom. The summed E-state index contributed by atoms with van der Waals surface area (Å²) in [5.74, 6) is -1.63. The van der Waals surface area contributed by atoms with Crippen LogP contribution in [0.1, 0.15) is 16.8 Å². The molecule has 1 fully saturated rings. The highest BCUT2D eigenvalue weighted by atomic mass is 19.1. The monoisotopic (exact) mass is 254 g/mol. The molecule has 0 saturated carbocycles. The molecule has 5 nitrogen and oxygen atoms in total. The summed E-state index contributed by atoms with van der Waals surface area (Å²) in [4.78, 5) is 11.7. The lowest BCUT2D eigenvalue weighted by atomic mass is 10.0. The van der Waals surface area contributed by atoms with Crippen LogP contribution in [0.5, 0.6) is 5.75 Å². The lowest BCUT2D eigenvalue weighted by molar-refractivity contribution is 0.0560. The number of rotatable bonds is 3. The number of aliphatic hydroxyl groups is 1. The molecule has 1 amide bonds. The van der Waals surface area contributed by atoms with Gasteiger partial charge in [0.05, 0.1) is 11.2 Å². The molecule has 0 spiro atoms. The van der Waals surface area contributed by atoms with Gasteiger partial charge in [0.1, 0.15) is 11.6 Å². The minimum atomic E-state index is -0.969. The Morgan fingerprint density at radius 2 is 2.33 bits per heavy atom. The molecule has 2 rings (SSSR count). The Hall–Kier alpha value is -1.66. The largest absolute Gasteiger partial charge is 0.508 e. The Morgan fingerprint density at radius 1 is 1.56 bits per heavy atom. The number of nitrogens with one attached hydrogen (secondary N) is 2. The second kappa shape index (κ2) is 4.91. The summed E-state index contributed by atoms with van der Waals surface area (Å²) in [7, 11) is 0. The van der Waals surface area contributed by atoms with Crippen LogP contribution in [0.3, 0.4) is 0 Å². The fraction of sp³-hybridized carbons (Fsp3) is 0.417. The molecule has 4 N–H and O–H groups in total. The quantitative estimate of drug-likeness (QED) is 0.611. The Balaban J connectivity index is 1.99. The van der Waals surface area contributed by atoms with Gasteiger partial charge >= 0.3 is 0 Å². The third-order valence-electron chi connectivity index (χ3n) is 3.00. The fourth-order valence-electron chi connectivity index (χ4n) is 1.91. The molecule has 0 radical (unpaired) electrons. The van der Waals surface area contributed by atoms with Gasteiger partial charge in [0, 0.05) is 19.2 Å². The van der Waals surface area contributed by atoms with E-state index in [0.29, 0.717) is 19.5 Å². The molecule has 1 atom stereocenters. The molecule has 0 aliphatic carbocycles. The number of phenols is 1. The molecule has 0 aromatic heterocycles. The number of amides is 1. The highest BCUT2D eigenvalue weighted by Gasteiger charge is 2.31. The van der Waals surface area contributed by atoms with Crippen molar-refractivity contribution in [1.29, 1.82) is 0 Å². The average Bonchev–Trinajstić information content (AvgIpc) is 2.74. The smallest absolute Gasteiger partial charge is 0.254 e. The maximum absolute atomic E-state index is 13.4. The number of benzene rings is 1. The molecule has 1 heterocycles. The van der Waals surface area contributed by atoms with Crippen molar-refractivity contribution >= 4 is 5.91 Å². The third kappa shape index (κ3) is 2.77. The van der Waals surface area contributed by atoms with Crippen LogP contribution in [-0.2, 0) is 0 Å². The number of carbonyl (C=O) groups excluding carboxylic acids is 1. The van der Waals surface area contributed by atoms with Gasteiger partial charge in [-0.1, -0.05) is 0 Å². The summed E-state index contributed by atoms with van der Waals surface area (Å²) in [5.41, 5.74) is -1.12. The minimum Gasteiger partial charge on any atom is -0.508 e. The van der Waals surface area contributed by atoms with E-state index in [2.05, 4.69) is 10.6 Å². The number of halogens is 1. The Labute approximate surface area is 104 Å². The normalized spacial score (nSPS) is 23.0. The second-order valence-corrected chi connectivity index (χ2v) is 4.50. The van der Waals surface area contributed by atoms with Crippen molar-refractivity contribution in [3.63, 3.8) is 0 Å². The lowest BCUT2D eigenvalue weighted by Gasteiger charge is -2.21. The van der Waals surface area contributed by atoms with E-state index in [1.807, 2.05) is 0 Å². The van der Waals surface area contributed by atoms with E-state index >= 15 is 0 Å². The number of carbonyl (C=O) groups is 1. The average molecular weight is 254 g/mol. The summed E-state index contributed by atoms with van der Waals surface area (Å²) in [6, 6.07) is 3.32. The predicted octanol–water partition coefficient (Wildman–Crippen LogP) is -0.0145. The standard InChI is InChI=1S/C12H15FN2O3/c13-10-5-8(16)1-2-9(10)11(17)15-7-12(18)3-4-14-6-12/h1-2,5,14,16,18H,3-4,6-7H2,(H,15,17). The maximum atomic E-state index is 13.4. The van der Waals surface area contributed by atoms with Crippen LogP contribution in [-0.4, -0.2) is 41.4 Å². The van der Waals surface area contributed by atoms with Crippen LogP contribution in [0.15, 0.2) is 18.2 Å². The summed E-state index contributed by atoms with van der Waals surface area (Å²) in [6.07, 6.45) is 0.547. The van der Waals surface area contributed by atoms with Crippen molar-refractivity contribution in [2.45, 2.75) is 12.0 Å². The highest BCUT2D eigenvalue weighted by molar-refractivity contribution is 5.94. The van der Waals surface area contributed by atoms with Crippen molar-refractivity contribution in [2.24, 2.45) is 0 Å². The van der Waals surface area contributed by atoms with Gasteiger partial charge in [-0.25, -0.2) is 4.39 Å². The van der Waals surface area contributed by atoms with Crippen LogP contribution >= 0.6 is 0 Å². The Kier molecular flexibility index (Phi) is 3.49. The van der Waals surface area contributed by atoms with E-state index in [4.69, 9.17) is 5.11 Å². The Bertz CT molecular complexity index is 459. The van der Waals surface area contributed by atoms with Crippen LogP contribution < -0.4 is 10.6 Å². The molecule has 18 heavy (non-hydrogen) atoms. The molecular formula is C12H15FN2O3. The lowest BCUT2D eigenvalue weighted by Crippen LogP contribution is -2.44. The van der Waals surface area contributed by atoms with Gasteiger partial charge in [-0.05, 0) is 25.1 Å². The second-order valence-electron chi connectivity index (χ2n) is 4.50. The zero-order chi connectivity index (χ0) is 13.2. The van der Waals surface area contributed by atoms with E-state index in [9.17, 15) is 14.3 Å². The summed E-state index contributed by atoms with van der Waals surface area (Å²) < 4.78 is 13.4. The topological polar surface area (TPSA) is 81.6 Å². The first-order valence-corrected chi connectivity index (χ1v) is 5.70. The van der Waals surface area contributed by atoms with Crippen LogP contribution in [0.2, 0.25) is 0 Å². The number of aromatic hydroxyl groups is 1. The van der Waals surface area contributed by atoms with Gasteiger partial charge in [0.15, 0.2) is 0 Å². The fourth-order valence-corrected chi connectivity index (χ4v) is 1.91. The number of phenolic OH excluding ortho intramolecular Hbond substituents is 1. The SMILES string of the molecule is O=C(NCC1(O)CCNC1)c1ccc(O)cc1F. The maximum Gasteiger partial charge on any atom is 0.254 e. The van der Waals surface area contributed by atoms with Crippen LogP contribution in [0, 0.1) is 5.82 Å². The zero-order valence-electron chi connectivity index (χ0n) is 9.74. The molecule has 1 saturated heterocycles. The van der Waals surface area contributed by atoms with Gasteiger partial charge in [-0.15, -0.1) is 0 Å². The van der Waals surface area contributed by atoms with Gasteiger partial charge in [-0.2, -0.15) is 0 Å². The first-order valence-electron chi connectivity index (χ1n) is 5.70. The van der Waals surface area contributed by atoms with E-state index in [1.54, 1.807) is 0 Å². The predicted molar refractivity (Wildman–Crippen MR) is 62.8 cm³/mol. The van der Waals surface area contributed by atoms with Crippen LogP contribution in [0.25, 0.3) is 0 Å². The number of β-amino-alcohol motifs (C(OH)–C–C–N with tert-alkyl or cyclic N) is 1. The molecular weight excluding hydrogens is 239 g/mol. The molecule has 1 aliphatic heterocycles. The van der Waals surface area contributed by atoms with E-state index in [1.165, 1.54) is 12.1 Å². The van der Waals surface area contributed by atoms with E-state index < -0.39 is 17.3 Å². The third-order valence-corrected chi connectivity index (χ3v) is 3.00. The van der Waals surface area contributed by atoms with E-state index in [0.717, 1.165) is 6.07 Å². The van der Waals surface area contributed by atoms with Gasteiger partial charge in [-0.3, -0.25) is 4.79 Å². The summed E-state index contributed by atoms with van der Waals surface area (Å²) >= 11 is 0. The number of hydrogen-bond acceptors (Lipinski definition) is 4.